The van der Waals surface area contributed by atoms with Gasteiger partial charge in [-0.05, 0) is 86.6 Å². The van der Waals surface area contributed by atoms with E-state index in [1.807, 2.05) is 41.4 Å². The van der Waals surface area contributed by atoms with Crippen molar-refractivity contribution in [1.29, 1.82) is 0 Å². The van der Waals surface area contributed by atoms with Crippen LogP contribution in [0, 0.1) is 26.6 Å². The summed E-state index contributed by atoms with van der Waals surface area (Å²) in [6.45, 7) is 6.18. The molecule has 2 atom stereocenters. The molecule has 5 rings (SSSR count). The predicted octanol–water partition coefficient (Wildman–Crippen LogP) is 5.51. The van der Waals surface area contributed by atoms with Crippen molar-refractivity contribution in [3.63, 3.8) is 0 Å². The second kappa shape index (κ2) is 8.41. The Bertz CT molecular complexity index is 1330. The van der Waals surface area contributed by atoms with Gasteiger partial charge in [0, 0.05) is 23.8 Å². The highest BCUT2D eigenvalue weighted by molar-refractivity contribution is 7.80. The fourth-order valence-electron chi connectivity index (χ4n) is 4.66. The zero-order chi connectivity index (χ0) is 23.1. The topological polar surface area (TPSA) is 46.0 Å². The molecule has 0 spiro atoms. The van der Waals surface area contributed by atoms with Crippen molar-refractivity contribution in [2.24, 2.45) is 0 Å². The molecule has 5 nitrogen and oxygen atoms in total. The zero-order valence-corrected chi connectivity index (χ0v) is 19.5. The molecule has 0 saturated carbocycles. The molecule has 7 heteroatoms. The molecule has 1 aliphatic heterocycles. The fraction of sp³-hybridized carbons (Fsp3) is 0.192. The van der Waals surface area contributed by atoms with Gasteiger partial charge in [-0.15, -0.1) is 0 Å². The third-order valence-corrected chi connectivity index (χ3v) is 6.44. The molecular weight excluding hydrogens is 433 g/mol. The number of nitrogens with zero attached hydrogens (tertiary/aromatic N) is 4. The van der Waals surface area contributed by atoms with Crippen LogP contribution in [-0.2, 0) is 0 Å². The highest BCUT2D eigenvalue weighted by Gasteiger charge is 2.43. The number of para-hydroxylation sites is 1. The summed E-state index contributed by atoms with van der Waals surface area (Å²) in [7, 11) is 0. The molecule has 4 heterocycles. The first-order valence-electron chi connectivity index (χ1n) is 10.8. The van der Waals surface area contributed by atoms with Crippen molar-refractivity contribution >= 4 is 23.0 Å². The average molecular weight is 458 g/mol. The van der Waals surface area contributed by atoms with Gasteiger partial charge in [0.05, 0.1) is 23.5 Å². The molecule has 1 N–H and O–H groups in total. The van der Waals surface area contributed by atoms with E-state index >= 15 is 0 Å². The first kappa shape index (κ1) is 21.3. The number of thiocarbonyl (C=S) groups is 1. The lowest BCUT2D eigenvalue weighted by molar-refractivity contribution is 0.556. The van der Waals surface area contributed by atoms with Crippen LogP contribution in [0.2, 0.25) is 0 Å². The minimum absolute atomic E-state index is 0.238. The number of anilines is 1. The highest BCUT2D eigenvalue weighted by Crippen LogP contribution is 2.44. The summed E-state index contributed by atoms with van der Waals surface area (Å²) in [4.78, 5) is 11.1. The van der Waals surface area contributed by atoms with Gasteiger partial charge in [0.25, 0.3) is 0 Å². The molecule has 1 fully saturated rings. The monoisotopic (exact) mass is 457 g/mol. The van der Waals surface area contributed by atoms with Gasteiger partial charge in [0.1, 0.15) is 11.6 Å². The number of benzene rings is 1. The minimum Gasteiger partial charge on any atom is -0.351 e. The van der Waals surface area contributed by atoms with Crippen LogP contribution >= 0.6 is 12.2 Å². The Morgan fingerprint density at radius 1 is 0.939 bits per heavy atom. The Labute approximate surface area is 197 Å². The lowest BCUT2D eigenvalue weighted by Crippen LogP contribution is -2.30. The van der Waals surface area contributed by atoms with E-state index in [4.69, 9.17) is 12.2 Å². The molecule has 0 bridgehead atoms. The van der Waals surface area contributed by atoms with Gasteiger partial charge in [-0.3, -0.25) is 4.98 Å². The molecule has 0 amide bonds. The van der Waals surface area contributed by atoms with Crippen molar-refractivity contribution in [3.05, 3.63) is 107 Å². The number of rotatable bonds is 4. The molecule has 0 radical (unpaired) electrons. The Morgan fingerprint density at radius 3 is 2.45 bits per heavy atom. The summed E-state index contributed by atoms with van der Waals surface area (Å²) >= 11 is 5.73. The number of pyridine rings is 2. The molecular formula is C26H24FN5S. The number of halogens is 1. The van der Waals surface area contributed by atoms with Gasteiger partial charge in [-0.2, -0.15) is 0 Å². The van der Waals surface area contributed by atoms with Gasteiger partial charge in [0.15, 0.2) is 5.11 Å². The van der Waals surface area contributed by atoms with Crippen LogP contribution in [0.3, 0.4) is 0 Å². The Kier molecular flexibility index (Phi) is 5.42. The molecule has 1 aliphatic rings. The predicted molar refractivity (Wildman–Crippen MR) is 132 cm³/mol. The third kappa shape index (κ3) is 3.68. The smallest absolute Gasteiger partial charge is 0.174 e. The first-order chi connectivity index (χ1) is 16.0. The maximum Gasteiger partial charge on any atom is 0.174 e. The quantitative estimate of drug-likeness (QED) is 0.410. The fourth-order valence-corrected chi connectivity index (χ4v) is 5.00. The zero-order valence-electron chi connectivity index (χ0n) is 18.7. The van der Waals surface area contributed by atoms with Crippen LogP contribution < -0.4 is 10.2 Å². The largest absolute Gasteiger partial charge is 0.351 e. The number of aromatic nitrogens is 3. The SMILES string of the molecule is Cc1ccnc(-n2c(C)cc([C@H]3[C@@H](c4ccccn4)NC(=S)N3c3ccccc3F)c2C)c1. The summed E-state index contributed by atoms with van der Waals surface area (Å²) in [5, 5.41) is 3.87. The van der Waals surface area contributed by atoms with Gasteiger partial charge in [-0.1, -0.05) is 18.2 Å². The van der Waals surface area contributed by atoms with Gasteiger partial charge in [0.2, 0.25) is 0 Å². The van der Waals surface area contributed by atoms with Crippen LogP contribution in [0.4, 0.5) is 10.1 Å². The first-order valence-corrected chi connectivity index (χ1v) is 11.2. The van der Waals surface area contributed by atoms with Crippen molar-refractivity contribution in [1.82, 2.24) is 19.9 Å². The lowest BCUT2D eigenvalue weighted by Gasteiger charge is -2.28. The molecule has 4 aromatic rings. The molecule has 0 unspecified atom stereocenters. The summed E-state index contributed by atoms with van der Waals surface area (Å²) in [6.07, 6.45) is 3.58. The highest BCUT2D eigenvalue weighted by atomic mass is 32.1. The maximum atomic E-state index is 15.0. The molecule has 33 heavy (non-hydrogen) atoms. The average Bonchev–Trinajstić information content (AvgIpc) is 3.30. The van der Waals surface area contributed by atoms with Crippen LogP contribution in [0.1, 0.15) is 40.3 Å². The van der Waals surface area contributed by atoms with Crippen LogP contribution in [0.25, 0.3) is 5.82 Å². The number of hydrogen-bond acceptors (Lipinski definition) is 3. The van der Waals surface area contributed by atoms with Gasteiger partial charge in [-0.25, -0.2) is 9.37 Å². The number of aryl methyl sites for hydroxylation is 2. The standard InChI is InChI=1S/C26H24FN5S/c1-16-11-13-29-23(14-16)31-17(2)15-19(18(31)3)25-24(21-9-6-7-12-28-21)30-26(33)32(25)22-10-5-4-8-20(22)27/h4-15,24-25H,1-3H3,(H,30,33)/t24-,25+/m1/s1. The van der Waals surface area contributed by atoms with E-state index in [-0.39, 0.29) is 17.9 Å². The summed E-state index contributed by atoms with van der Waals surface area (Å²) in [5.41, 5.74) is 5.55. The second-order valence-corrected chi connectivity index (χ2v) is 8.69. The Balaban J connectivity index is 1.70. The van der Waals surface area contributed by atoms with E-state index in [1.54, 1.807) is 18.3 Å². The van der Waals surface area contributed by atoms with Crippen LogP contribution in [0.15, 0.2) is 73.1 Å². The Hall–Kier alpha value is -3.58. The third-order valence-electron chi connectivity index (χ3n) is 6.13. The molecule has 1 aromatic carbocycles. The van der Waals surface area contributed by atoms with E-state index < -0.39 is 0 Å². The normalized spacial score (nSPS) is 17.9. The second-order valence-electron chi connectivity index (χ2n) is 8.30. The number of nitrogens with one attached hydrogen (secondary N) is 1. The summed E-state index contributed by atoms with van der Waals surface area (Å²) in [6, 6.07) is 18.2. The van der Waals surface area contributed by atoms with Crippen molar-refractivity contribution in [2.45, 2.75) is 32.9 Å². The lowest BCUT2D eigenvalue weighted by atomic mass is 9.96. The maximum absolute atomic E-state index is 15.0. The van der Waals surface area contributed by atoms with E-state index in [1.165, 1.54) is 6.07 Å². The van der Waals surface area contributed by atoms with E-state index in [9.17, 15) is 4.39 Å². The van der Waals surface area contributed by atoms with Crippen LogP contribution in [-0.4, -0.2) is 19.6 Å². The van der Waals surface area contributed by atoms with Crippen molar-refractivity contribution < 1.29 is 4.39 Å². The summed E-state index contributed by atoms with van der Waals surface area (Å²) in [5.74, 6) is 0.541. The molecule has 166 valence electrons. The molecule has 3 aromatic heterocycles. The van der Waals surface area contributed by atoms with E-state index in [2.05, 4.69) is 52.8 Å². The van der Waals surface area contributed by atoms with E-state index in [0.29, 0.717) is 10.8 Å². The van der Waals surface area contributed by atoms with Gasteiger partial charge >= 0.3 is 0 Å². The minimum atomic E-state index is -0.317. The molecule has 1 saturated heterocycles. The molecule has 0 aliphatic carbocycles. The van der Waals surface area contributed by atoms with E-state index in [0.717, 1.165) is 34.0 Å². The van der Waals surface area contributed by atoms with Gasteiger partial charge < -0.3 is 14.8 Å². The number of hydrogen-bond donors (Lipinski definition) is 1. The Morgan fingerprint density at radius 2 is 1.73 bits per heavy atom. The van der Waals surface area contributed by atoms with Crippen LogP contribution in [0.5, 0.6) is 0 Å². The van der Waals surface area contributed by atoms with Crippen molar-refractivity contribution in [2.75, 3.05) is 4.90 Å². The van der Waals surface area contributed by atoms with Crippen molar-refractivity contribution in [3.8, 4) is 5.82 Å². The summed E-state index contributed by atoms with van der Waals surface area (Å²) < 4.78 is 17.1.